The van der Waals surface area contributed by atoms with Crippen molar-refractivity contribution in [3.63, 3.8) is 0 Å². The van der Waals surface area contributed by atoms with Crippen molar-refractivity contribution >= 4 is 35.3 Å². The molecule has 0 aliphatic carbocycles. The SMILES string of the molecule is FC(F)(F)c1ccc2c(c1)Nc1ccccc1[Se]2. The van der Waals surface area contributed by atoms with Gasteiger partial charge in [0.15, 0.2) is 0 Å². The molecule has 0 unspecified atom stereocenters. The molecule has 2 aromatic carbocycles. The van der Waals surface area contributed by atoms with Gasteiger partial charge in [0.05, 0.1) is 0 Å². The molecule has 3 rings (SSSR count). The number of fused-ring (bicyclic) bond motifs is 2. The Morgan fingerprint density at radius 2 is 1.61 bits per heavy atom. The van der Waals surface area contributed by atoms with Gasteiger partial charge < -0.3 is 0 Å². The summed E-state index contributed by atoms with van der Waals surface area (Å²) in [5, 5.41) is 3.07. The molecule has 1 aliphatic heterocycles. The Labute approximate surface area is 108 Å². The Hall–Kier alpha value is -1.45. The molecule has 18 heavy (non-hydrogen) atoms. The van der Waals surface area contributed by atoms with Gasteiger partial charge in [-0.05, 0) is 0 Å². The minimum atomic E-state index is -4.29. The fraction of sp³-hybridized carbons (Fsp3) is 0.0769. The van der Waals surface area contributed by atoms with Crippen LogP contribution in [0.1, 0.15) is 5.56 Å². The van der Waals surface area contributed by atoms with Gasteiger partial charge in [-0.2, -0.15) is 0 Å². The fourth-order valence-electron chi connectivity index (χ4n) is 1.82. The number of hydrogen-bond donors (Lipinski definition) is 1. The molecule has 2 aromatic rings. The summed E-state index contributed by atoms with van der Waals surface area (Å²) in [7, 11) is 0. The van der Waals surface area contributed by atoms with Crippen LogP contribution >= 0.6 is 0 Å². The quantitative estimate of drug-likeness (QED) is 0.629. The van der Waals surface area contributed by atoms with Crippen molar-refractivity contribution in [2.24, 2.45) is 0 Å². The number of benzene rings is 2. The van der Waals surface area contributed by atoms with Crippen molar-refractivity contribution in [3.05, 3.63) is 48.0 Å². The number of halogens is 3. The van der Waals surface area contributed by atoms with Crippen molar-refractivity contribution in [2.75, 3.05) is 5.32 Å². The van der Waals surface area contributed by atoms with Crippen molar-refractivity contribution < 1.29 is 13.2 Å². The second-order valence-corrected chi connectivity index (χ2v) is 6.21. The molecule has 0 fully saturated rings. The first-order valence-electron chi connectivity index (χ1n) is 5.29. The monoisotopic (exact) mass is 315 g/mol. The van der Waals surface area contributed by atoms with Gasteiger partial charge in [-0.3, -0.25) is 0 Å². The van der Waals surface area contributed by atoms with Crippen molar-refractivity contribution in [1.29, 1.82) is 0 Å². The Morgan fingerprint density at radius 1 is 0.889 bits per heavy atom. The molecule has 0 atom stereocenters. The first-order valence-corrected chi connectivity index (χ1v) is 7.00. The van der Waals surface area contributed by atoms with Gasteiger partial charge in [-0.15, -0.1) is 0 Å². The van der Waals surface area contributed by atoms with Gasteiger partial charge in [-0.1, -0.05) is 0 Å². The summed E-state index contributed by atoms with van der Waals surface area (Å²) in [5.41, 5.74) is 0.872. The van der Waals surface area contributed by atoms with Crippen LogP contribution in [0.15, 0.2) is 42.5 Å². The molecule has 1 N–H and O–H groups in total. The molecular weight excluding hydrogens is 306 g/mol. The van der Waals surface area contributed by atoms with Crippen LogP contribution in [0.5, 0.6) is 0 Å². The third kappa shape index (κ3) is 2.00. The number of anilines is 2. The normalized spacial score (nSPS) is 13.5. The first kappa shape index (κ1) is 11.6. The molecule has 0 saturated heterocycles. The van der Waals surface area contributed by atoms with E-state index in [0.717, 1.165) is 20.7 Å². The molecule has 0 amide bonds. The van der Waals surface area contributed by atoms with E-state index < -0.39 is 11.7 Å². The van der Waals surface area contributed by atoms with Crippen LogP contribution in [0.4, 0.5) is 24.5 Å². The van der Waals surface area contributed by atoms with Crippen LogP contribution in [0.3, 0.4) is 0 Å². The zero-order valence-corrected chi connectivity index (χ0v) is 10.8. The van der Waals surface area contributed by atoms with Gasteiger partial charge >= 0.3 is 108 Å². The van der Waals surface area contributed by atoms with Crippen LogP contribution in [-0.4, -0.2) is 15.0 Å². The predicted molar refractivity (Wildman–Crippen MR) is 66.2 cm³/mol. The van der Waals surface area contributed by atoms with Crippen molar-refractivity contribution in [2.45, 2.75) is 6.18 Å². The molecular formula is C13H8F3NSe. The molecule has 0 aromatic heterocycles. The topological polar surface area (TPSA) is 12.0 Å². The molecule has 92 valence electrons. The summed E-state index contributed by atoms with van der Waals surface area (Å²) in [6, 6.07) is 11.6. The Balaban J connectivity index is 2.04. The van der Waals surface area contributed by atoms with Gasteiger partial charge in [0.2, 0.25) is 0 Å². The first-order chi connectivity index (χ1) is 8.54. The van der Waals surface area contributed by atoms with Crippen LogP contribution in [0.25, 0.3) is 0 Å². The summed E-state index contributed by atoms with van der Waals surface area (Å²) in [4.78, 5) is 0. The second kappa shape index (κ2) is 4.04. The Kier molecular flexibility index (Phi) is 2.61. The molecule has 5 heteroatoms. The molecule has 0 saturated carbocycles. The van der Waals surface area contributed by atoms with Gasteiger partial charge in [0.25, 0.3) is 0 Å². The third-order valence-corrected chi connectivity index (χ3v) is 5.10. The van der Waals surface area contributed by atoms with E-state index >= 15 is 0 Å². The maximum absolute atomic E-state index is 12.6. The van der Waals surface area contributed by atoms with E-state index in [4.69, 9.17) is 0 Å². The number of alkyl halides is 3. The zero-order chi connectivity index (χ0) is 12.8. The summed E-state index contributed by atoms with van der Waals surface area (Å²) in [6.45, 7) is 0. The van der Waals surface area contributed by atoms with E-state index in [-0.39, 0.29) is 15.0 Å². The second-order valence-electron chi connectivity index (χ2n) is 3.93. The van der Waals surface area contributed by atoms with Gasteiger partial charge in [0.1, 0.15) is 0 Å². The van der Waals surface area contributed by atoms with E-state index in [1.54, 1.807) is 6.07 Å². The van der Waals surface area contributed by atoms with E-state index in [1.165, 1.54) is 6.07 Å². The fourth-order valence-corrected chi connectivity index (χ4v) is 3.85. The standard InChI is InChI=1S/C13H8F3NSe/c14-13(15,16)8-5-6-12-10(7-8)17-9-3-1-2-4-11(9)18-12/h1-7,17H. The molecule has 0 spiro atoms. The molecule has 1 heterocycles. The zero-order valence-electron chi connectivity index (χ0n) is 9.08. The average Bonchev–Trinajstić information content (AvgIpc) is 2.34. The molecule has 1 nitrogen and oxygen atoms in total. The molecule has 0 radical (unpaired) electrons. The van der Waals surface area contributed by atoms with Crippen LogP contribution in [0.2, 0.25) is 0 Å². The van der Waals surface area contributed by atoms with E-state index in [2.05, 4.69) is 5.32 Å². The molecule has 0 bridgehead atoms. The average molecular weight is 314 g/mol. The van der Waals surface area contributed by atoms with Crippen LogP contribution < -0.4 is 14.2 Å². The number of para-hydroxylation sites is 1. The molecule has 1 aliphatic rings. The van der Waals surface area contributed by atoms with Crippen LogP contribution in [-0.2, 0) is 6.18 Å². The van der Waals surface area contributed by atoms with Gasteiger partial charge in [0, 0.05) is 0 Å². The summed E-state index contributed by atoms with van der Waals surface area (Å²) < 4.78 is 40.0. The number of nitrogens with one attached hydrogen (secondary N) is 1. The van der Waals surface area contributed by atoms with E-state index in [9.17, 15) is 13.2 Å². The van der Waals surface area contributed by atoms with Crippen molar-refractivity contribution in [1.82, 2.24) is 0 Å². The Bertz CT molecular complexity index is 607. The Morgan fingerprint density at radius 3 is 2.39 bits per heavy atom. The minimum absolute atomic E-state index is 0.0569. The number of rotatable bonds is 0. The van der Waals surface area contributed by atoms with E-state index in [0.29, 0.717) is 5.69 Å². The number of hydrogen-bond acceptors (Lipinski definition) is 1. The maximum atomic E-state index is 12.6. The van der Waals surface area contributed by atoms with Gasteiger partial charge in [-0.25, -0.2) is 0 Å². The summed E-state index contributed by atoms with van der Waals surface area (Å²) >= 11 is 0.0569. The van der Waals surface area contributed by atoms with Crippen LogP contribution in [0, 0.1) is 0 Å². The third-order valence-electron chi connectivity index (χ3n) is 2.68. The summed E-state index contributed by atoms with van der Waals surface area (Å²) in [5.74, 6) is 0. The summed E-state index contributed by atoms with van der Waals surface area (Å²) in [6.07, 6.45) is -4.29. The predicted octanol–water partition coefficient (Wildman–Crippen LogP) is 2.42. The van der Waals surface area contributed by atoms with E-state index in [1.807, 2.05) is 24.3 Å². The van der Waals surface area contributed by atoms with Crippen molar-refractivity contribution in [3.8, 4) is 0 Å².